The molecule has 134 valence electrons. The fourth-order valence-corrected chi connectivity index (χ4v) is 2.15. The second kappa shape index (κ2) is 11.3. The summed E-state index contributed by atoms with van der Waals surface area (Å²) in [6.07, 6.45) is 2.31. The van der Waals surface area contributed by atoms with Crippen molar-refractivity contribution in [3.63, 3.8) is 0 Å². The maximum Gasteiger partial charge on any atom is 0.221 e. The quantitative estimate of drug-likeness (QED) is 0.414. The van der Waals surface area contributed by atoms with E-state index >= 15 is 0 Å². The first-order chi connectivity index (χ1) is 11.6. The Balaban J connectivity index is 2.50. The zero-order chi connectivity index (χ0) is 17.8. The van der Waals surface area contributed by atoms with Crippen LogP contribution in [0.15, 0.2) is 29.3 Å². The Morgan fingerprint density at radius 2 is 2.12 bits per heavy atom. The zero-order valence-corrected chi connectivity index (χ0v) is 15.3. The van der Waals surface area contributed by atoms with Crippen molar-refractivity contribution in [1.82, 2.24) is 10.2 Å². The third kappa shape index (κ3) is 7.85. The van der Waals surface area contributed by atoms with E-state index in [1.54, 1.807) is 0 Å². The minimum absolute atomic E-state index is 0.0952. The highest BCUT2D eigenvalue weighted by Crippen LogP contribution is 2.17. The van der Waals surface area contributed by atoms with Crippen LogP contribution < -0.4 is 15.4 Å². The molecule has 0 radical (unpaired) electrons. The van der Waals surface area contributed by atoms with Gasteiger partial charge >= 0.3 is 0 Å². The second-order valence-electron chi connectivity index (χ2n) is 5.57. The van der Waals surface area contributed by atoms with Gasteiger partial charge in [0.05, 0.1) is 6.54 Å². The number of amides is 1. The Morgan fingerprint density at radius 3 is 2.79 bits per heavy atom. The summed E-state index contributed by atoms with van der Waals surface area (Å²) in [6, 6.07) is 7.36. The molecule has 0 spiro atoms. The molecule has 1 aromatic carbocycles. The van der Waals surface area contributed by atoms with Gasteiger partial charge in [-0.15, -0.1) is 0 Å². The normalized spacial score (nSPS) is 11.1. The minimum atomic E-state index is -0.0952. The third-order valence-electron chi connectivity index (χ3n) is 3.32. The van der Waals surface area contributed by atoms with Crippen LogP contribution in [0, 0.1) is 0 Å². The molecule has 0 heterocycles. The molecule has 0 aliphatic rings. The van der Waals surface area contributed by atoms with Crippen molar-refractivity contribution in [3.05, 3.63) is 24.3 Å². The molecule has 0 fully saturated rings. The Bertz CT molecular complexity index is 532. The van der Waals surface area contributed by atoms with Crippen molar-refractivity contribution >= 4 is 17.6 Å². The van der Waals surface area contributed by atoms with Gasteiger partial charge in [0.1, 0.15) is 12.4 Å². The van der Waals surface area contributed by atoms with E-state index in [1.807, 2.05) is 24.3 Å². The van der Waals surface area contributed by atoms with Crippen LogP contribution in [0.3, 0.4) is 0 Å². The average Bonchev–Trinajstić information content (AvgIpc) is 2.55. The van der Waals surface area contributed by atoms with Crippen LogP contribution in [-0.4, -0.2) is 50.1 Å². The van der Waals surface area contributed by atoms with Gasteiger partial charge < -0.3 is 20.3 Å². The van der Waals surface area contributed by atoms with Gasteiger partial charge in [-0.25, -0.2) is 4.99 Å². The van der Waals surface area contributed by atoms with Gasteiger partial charge in [0.25, 0.3) is 0 Å². The molecular formula is C18H30N4O2. The predicted molar refractivity (Wildman–Crippen MR) is 99.8 cm³/mol. The number of carbonyl (C=O) groups is 1. The first-order valence-electron chi connectivity index (χ1n) is 8.56. The second-order valence-corrected chi connectivity index (χ2v) is 5.57. The third-order valence-corrected chi connectivity index (χ3v) is 3.32. The predicted octanol–water partition coefficient (Wildman–Crippen LogP) is 2.72. The molecule has 1 aromatic rings. The first-order valence-corrected chi connectivity index (χ1v) is 8.56. The molecule has 0 unspecified atom stereocenters. The van der Waals surface area contributed by atoms with Crippen molar-refractivity contribution in [1.29, 1.82) is 0 Å². The van der Waals surface area contributed by atoms with Gasteiger partial charge in [-0.1, -0.05) is 19.4 Å². The molecular weight excluding hydrogens is 304 g/mol. The molecule has 1 amide bonds. The number of hydrogen-bond acceptors (Lipinski definition) is 3. The summed E-state index contributed by atoms with van der Waals surface area (Å²) < 4.78 is 5.71. The standard InChI is InChI=1S/C18H30N4O2/c1-5-7-12-22(4)18(19-6-2)20-11-13-24-17-10-8-9-16(14-17)21-15(3)23/h8-10,14H,5-7,11-13H2,1-4H3,(H,19,20)(H,21,23). The van der Waals surface area contributed by atoms with Gasteiger partial charge in [0, 0.05) is 38.8 Å². The summed E-state index contributed by atoms with van der Waals surface area (Å²) >= 11 is 0. The van der Waals surface area contributed by atoms with Crippen LogP contribution in [0.25, 0.3) is 0 Å². The van der Waals surface area contributed by atoms with Crippen LogP contribution in [0.5, 0.6) is 5.75 Å². The monoisotopic (exact) mass is 334 g/mol. The smallest absolute Gasteiger partial charge is 0.221 e. The lowest BCUT2D eigenvalue weighted by molar-refractivity contribution is -0.114. The highest BCUT2D eigenvalue weighted by Gasteiger charge is 2.04. The Kier molecular flexibility index (Phi) is 9.34. The number of benzene rings is 1. The van der Waals surface area contributed by atoms with Crippen LogP contribution >= 0.6 is 0 Å². The van der Waals surface area contributed by atoms with E-state index in [-0.39, 0.29) is 5.91 Å². The van der Waals surface area contributed by atoms with E-state index in [0.29, 0.717) is 13.2 Å². The van der Waals surface area contributed by atoms with Crippen molar-refractivity contribution in [2.75, 3.05) is 38.6 Å². The number of carbonyl (C=O) groups excluding carboxylic acids is 1. The highest BCUT2D eigenvalue weighted by atomic mass is 16.5. The summed E-state index contributed by atoms with van der Waals surface area (Å²) in [7, 11) is 2.05. The molecule has 24 heavy (non-hydrogen) atoms. The van der Waals surface area contributed by atoms with Crippen LogP contribution in [-0.2, 0) is 4.79 Å². The van der Waals surface area contributed by atoms with Gasteiger partial charge in [-0.05, 0) is 25.5 Å². The molecule has 0 aliphatic carbocycles. The lowest BCUT2D eigenvalue weighted by atomic mass is 10.3. The number of unbranched alkanes of at least 4 members (excludes halogenated alkanes) is 1. The first kappa shape index (κ1) is 19.8. The minimum Gasteiger partial charge on any atom is -0.492 e. The van der Waals surface area contributed by atoms with Crippen molar-refractivity contribution < 1.29 is 9.53 Å². The molecule has 0 aromatic heterocycles. The molecule has 2 N–H and O–H groups in total. The number of aliphatic imine (C=N–C) groups is 1. The lowest BCUT2D eigenvalue weighted by Gasteiger charge is -2.21. The van der Waals surface area contributed by atoms with E-state index in [4.69, 9.17) is 4.74 Å². The van der Waals surface area contributed by atoms with Crippen LogP contribution in [0.2, 0.25) is 0 Å². The summed E-state index contributed by atoms with van der Waals surface area (Å²) in [5.74, 6) is 1.53. The molecule has 0 saturated heterocycles. The van der Waals surface area contributed by atoms with E-state index in [2.05, 4.69) is 41.4 Å². The Morgan fingerprint density at radius 1 is 1.33 bits per heavy atom. The molecule has 0 bridgehead atoms. The largest absolute Gasteiger partial charge is 0.492 e. The topological polar surface area (TPSA) is 66.0 Å². The molecule has 0 aliphatic heterocycles. The molecule has 6 heteroatoms. The van der Waals surface area contributed by atoms with E-state index in [1.165, 1.54) is 6.92 Å². The number of hydrogen-bond donors (Lipinski definition) is 2. The van der Waals surface area contributed by atoms with Crippen LogP contribution in [0.4, 0.5) is 5.69 Å². The van der Waals surface area contributed by atoms with Crippen LogP contribution in [0.1, 0.15) is 33.6 Å². The van der Waals surface area contributed by atoms with Crippen molar-refractivity contribution in [3.8, 4) is 5.75 Å². The summed E-state index contributed by atoms with van der Waals surface area (Å²) in [5.41, 5.74) is 0.733. The Hall–Kier alpha value is -2.24. The number of anilines is 1. The number of nitrogens with one attached hydrogen (secondary N) is 2. The lowest BCUT2D eigenvalue weighted by Crippen LogP contribution is -2.39. The van der Waals surface area contributed by atoms with Gasteiger partial charge in [-0.3, -0.25) is 4.79 Å². The number of nitrogens with zero attached hydrogens (tertiary/aromatic N) is 2. The maximum absolute atomic E-state index is 11.1. The summed E-state index contributed by atoms with van der Waals surface area (Å²) in [6.45, 7) is 8.62. The zero-order valence-electron chi connectivity index (χ0n) is 15.3. The van der Waals surface area contributed by atoms with E-state index < -0.39 is 0 Å². The molecule has 6 nitrogen and oxygen atoms in total. The number of ether oxygens (including phenoxy) is 1. The van der Waals surface area contributed by atoms with Crippen molar-refractivity contribution in [2.45, 2.75) is 33.6 Å². The van der Waals surface area contributed by atoms with Gasteiger partial charge in [0.2, 0.25) is 5.91 Å². The van der Waals surface area contributed by atoms with Crippen molar-refractivity contribution in [2.24, 2.45) is 4.99 Å². The van der Waals surface area contributed by atoms with E-state index in [9.17, 15) is 4.79 Å². The molecule has 0 saturated carbocycles. The number of rotatable bonds is 9. The summed E-state index contributed by atoms with van der Waals surface area (Å²) in [5, 5.41) is 6.04. The fraction of sp³-hybridized carbons (Fsp3) is 0.556. The summed E-state index contributed by atoms with van der Waals surface area (Å²) in [4.78, 5) is 17.8. The van der Waals surface area contributed by atoms with Gasteiger partial charge in [0.15, 0.2) is 5.96 Å². The van der Waals surface area contributed by atoms with E-state index in [0.717, 1.165) is 43.3 Å². The SMILES string of the molecule is CCCCN(C)C(=NCCOc1cccc(NC(C)=O)c1)NCC. The highest BCUT2D eigenvalue weighted by molar-refractivity contribution is 5.88. The number of guanidine groups is 1. The van der Waals surface area contributed by atoms with Gasteiger partial charge in [-0.2, -0.15) is 0 Å². The Labute approximate surface area is 145 Å². The fourth-order valence-electron chi connectivity index (χ4n) is 2.15. The maximum atomic E-state index is 11.1. The molecule has 0 atom stereocenters. The molecule has 1 rings (SSSR count). The average molecular weight is 334 g/mol.